The van der Waals surface area contributed by atoms with Gasteiger partial charge in [-0.3, -0.25) is 0 Å². The first kappa shape index (κ1) is 17.5. The Hall–Kier alpha value is -1.51. The van der Waals surface area contributed by atoms with Crippen molar-refractivity contribution in [1.29, 1.82) is 0 Å². The molecule has 8 heteroatoms. The Morgan fingerprint density at radius 1 is 1.38 bits per heavy atom. The quantitative estimate of drug-likeness (QED) is 0.763. The number of esters is 1. The normalized spacial score (nSPS) is 12.2. The molecule has 1 aromatic rings. The zero-order valence-electron chi connectivity index (χ0n) is 12.1. The van der Waals surface area contributed by atoms with Crippen LogP contribution in [0.15, 0.2) is 23.1 Å². The summed E-state index contributed by atoms with van der Waals surface area (Å²) in [4.78, 5) is 11.2. The van der Waals surface area contributed by atoms with Crippen LogP contribution in [0, 0.1) is 5.82 Å². The lowest BCUT2D eigenvalue weighted by Crippen LogP contribution is -2.48. The van der Waals surface area contributed by atoms with Crippen LogP contribution in [0.4, 0.5) is 4.39 Å². The van der Waals surface area contributed by atoms with Crippen molar-refractivity contribution in [2.24, 2.45) is 5.73 Å². The summed E-state index contributed by atoms with van der Waals surface area (Å²) >= 11 is 0. The van der Waals surface area contributed by atoms with Gasteiger partial charge in [0.25, 0.3) is 0 Å². The predicted octanol–water partition coefficient (Wildman–Crippen LogP) is 1.02. The minimum atomic E-state index is -4.00. The molecular formula is C13H19FN2O4S. The second-order valence-corrected chi connectivity index (χ2v) is 6.77. The summed E-state index contributed by atoms with van der Waals surface area (Å²) in [5, 5.41) is 0. The van der Waals surface area contributed by atoms with Gasteiger partial charge in [0, 0.05) is 12.1 Å². The summed E-state index contributed by atoms with van der Waals surface area (Å²) < 4.78 is 45.0. The van der Waals surface area contributed by atoms with E-state index in [9.17, 15) is 17.6 Å². The number of ether oxygens (including phenoxy) is 1. The monoisotopic (exact) mass is 318 g/mol. The molecule has 0 unspecified atom stereocenters. The predicted molar refractivity (Wildman–Crippen MR) is 75.8 cm³/mol. The number of carbonyl (C=O) groups excluding carboxylic acids is 1. The van der Waals surface area contributed by atoms with Gasteiger partial charge >= 0.3 is 5.97 Å². The van der Waals surface area contributed by atoms with Gasteiger partial charge in [0.2, 0.25) is 10.0 Å². The van der Waals surface area contributed by atoms with Gasteiger partial charge in [-0.25, -0.2) is 22.3 Å². The Kier molecular flexibility index (Phi) is 5.43. The Morgan fingerprint density at radius 2 is 2.00 bits per heavy atom. The van der Waals surface area contributed by atoms with E-state index in [-0.39, 0.29) is 23.6 Å². The Labute approximate surface area is 123 Å². The molecule has 6 nitrogen and oxygen atoms in total. The Balaban J connectivity index is 3.22. The number of rotatable bonds is 6. The topological polar surface area (TPSA) is 98.5 Å². The Bertz CT molecular complexity index is 629. The first-order valence-corrected chi connectivity index (χ1v) is 7.81. The van der Waals surface area contributed by atoms with Gasteiger partial charge in [0.05, 0.1) is 17.1 Å². The standard InChI is InChI=1S/C13H19FN2O4S/c1-4-20-12(17)9-5-10(14)7-11(6-9)21(18,19)16-13(2,3)8-15/h5-7,16H,4,8,15H2,1-3H3. The van der Waals surface area contributed by atoms with Crippen molar-refractivity contribution in [2.45, 2.75) is 31.2 Å². The molecule has 0 aliphatic heterocycles. The number of nitrogens with one attached hydrogen (secondary N) is 1. The molecule has 0 aliphatic rings. The molecular weight excluding hydrogens is 299 g/mol. The Morgan fingerprint density at radius 3 is 2.52 bits per heavy atom. The SMILES string of the molecule is CCOC(=O)c1cc(F)cc(S(=O)(=O)NC(C)(C)CN)c1. The maximum absolute atomic E-state index is 13.5. The van der Waals surface area contributed by atoms with Crippen molar-refractivity contribution in [3.05, 3.63) is 29.6 Å². The van der Waals surface area contributed by atoms with Gasteiger partial charge < -0.3 is 10.5 Å². The molecule has 0 bridgehead atoms. The number of carbonyl (C=O) groups is 1. The van der Waals surface area contributed by atoms with Gasteiger partial charge in [-0.15, -0.1) is 0 Å². The first-order valence-electron chi connectivity index (χ1n) is 6.33. The number of benzene rings is 1. The molecule has 0 atom stereocenters. The zero-order valence-corrected chi connectivity index (χ0v) is 13.0. The van der Waals surface area contributed by atoms with E-state index in [0.29, 0.717) is 0 Å². The van der Waals surface area contributed by atoms with Crippen LogP contribution in [-0.4, -0.2) is 33.1 Å². The van der Waals surface area contributed by atoms with Crippen LogP contribution >= 0.6 is 0 Å². The van der Waals surface area contributed by atoms with Crippen molar-refractivity contribution in [3.8, 4) is 0 Å². The first-order chi connectivity index (χ1) is 9.61. The molecule has 3 N–H and O–H groups in total. The lowest BCUT2D eigenvalue weighted by molar-refractivity contribution is 0.0525. The largest absolute Gasteiger partial charge is 0.462 e. The van der Waals surface area contributed by atoms with Gasteiger partial charge in [-0.2, -0.15) is 0 Å². The zero-order chi connectivity index (χ0) is 16.3. The molecule has 21 heavy (non-hydrogen) atoms. The summed E-state index contributed by atoms with van der Waals surface area (Å²) in [6.07, 6.45) is 0. The fraction of sp³-hybridized carbons (Fsp3) is 0.462. The molecule has 0 aromatic heterocycles. The molecule has 1 aromatic carbocycles. The second kappa shape index (κ2) is 6.50. The molecule has 118 valence electrons. The van der Waals surface area contributed by atoms with E-state index in [1.54, 1.807) is 20.8 Å². The van der Waals surface area contributed by atoms with Crippen molar-refractivity contribution in [1.82, 2.24) is 4.72 Å². The molecule has 0 amide bonds. The maximum Gasteiger partial charge on any atom is 0.338 e. The molecule has 0 aliphatic carbocycles. The molecule has 0 saturated carbocycles. The van der Waals surface area contributed by atoms with Crippen LogP contribution in [0.2, 0.25) is 0 Å². The molecule has 0 saturated heterocycles. The van der Waals surface area contributed by atoms with Gasteiger partial charge in [0.15, 0.2) is 0 Å². The van der Waals surface area contributed by atoms with E-state index in [2.05, 4.69) is 4.72 Å². The van der Waals surface area contributed by atoms with Gasteiger partial charge in [-0.1, -0.05) is 0 Å². The van der Waals surface area contributed by atoms with Crippen molar-refractivity contribution < 1.29 is 22.3 Å². The van der Waals surface area contributed by atoms with E-state index in [1.807, 2.05) is 0 Å². The third-order valence-electron chi connectivity index (χ3n) is 2.61. The molecule has 0 heterocycles. The van der Waals surface area contributed by atoms with Crippen LogP contribution < -0.4 is 10.5 Å². The average Bonchev–Trinajstić information content (AvgIpc) is 2.37. The molecule has 0 radical (unpaired) electrons. The fourth-order valence-electron chi connectivity index (χ4n) is 1.51. The van der Waals surface area contributed by atoms with E-state index >= 15 is 0 Å². The number of hydrogen-bond donors (Lipinski definition) is 2. The van der Waals surface area contributed by atoms with Crippen LogP contribution in [-0.2, 0) is 14.8 Å². The number of hydrogen-bond acceptors (Lipinski definition) is 5. The van der Waals surface area contributed by atoms with E-state index in [4.69, 9.17) is 10.5 Å². The molecule has 1 rings (SSSR count). The van der Waals surface area contributed by atoms with Gasteiger partial charge in [-0.05, 0) is 39.0 Å². The second-order valence-electron chi connectivity index (χ2n) is 5.09. The van der Waals surface area contributed by atoms with E-state index in [0.717, 1.165) is 18.2 Å². The highest BCUT2D eigenvalue weighted by atomic mass is 32.2. The van der Waals surface area contributed by atoms with Crippen LogP contribution in [0.25, 0.3) is 0 Å². The third kappa shape index (κ3) is 4.76. The lowest BCUT2D eigenvalue weighted by atomic mass is 10.1. The minimum Gasteiger partial charge on any atom is -0.462 e. The third-order valence-corrected chi connectivity index (χ3v) is 4.29. The van der Waals surface area contributed by atoms with Crippen molar-refractivity contribution >= 4 is 16.0 Å². The van der Waals surface area contributed by atoms with E-state index < -0.39 is 27.3 Å². The summed E-state index contributed by atoms with van der Waals surface area (Å²) in [7, 11) is -4.00. The maximum atomic E-state index is 13.5. The minimum absolute atomic E-state index is 0.0618. The van der Waals surface area contributed by atoms with Crippen LogP contribution in [0.3, 0.4) is 0 Å². The van der Waals surface area contributed by atoms with Crippen molar-refractivity contribution in [2.75, 3.05) is 13.2 Å². The summed E-state index contributed by atoms with van der Waals surface area (Å²) in [5.41, 5.74) is 4.41. The fourth-order valence-corrected chi connectivity index (χ4v) is 2.99. The smallest absolute Gasteiger partial charge is 0.338 e. The number of halogens is 1. The van der Waals surface area contributed by atoms with Crippen LogP contribution in [0.5, 0.6) is 0 Å². The van der Waals surface area contributed by atoms with Gasteiger partial charge in [0.1, 0.15) is 5.82 Å². The average molecular weight is 318 g/mol. The summed E-state index contributed by atoms with van der Waals surface area (Å²) in [6, 6.07) is 2.82. The van der Waals surface area contributed by atoms with Crippen LogP contribution in [0.1, 0.15) is 31.1 Å². The summed E-state index contributed by atoms with van der Waals surface area (Å²) in [6.45, 7) is 4.95. The lowest BCUT2D eigenvalue weighted by Gasteiger charge is -2.24. The summed E-state index contributed by atoms with van der Waals surface area (Å²) in [5.74, 6) is -1.63. The molecule has 0 spiro atoms. The highest BCUT2D eigenvalue weighted by molar-refractivity contribution is 7.89. The van der Waals surface area contributed by atoms with Crippen molar-refractivity contribution in [3.63, 3.8) is 0 Å². The number of nitrogens with two attached hydrogens (primary N) is 1. The highest BCUT2D eigenvalue weighted by Gasteiger charge is 2.26. The van der Waals surface area contributed by atoms with E-state index in [1.165, 1.54) is 0 Å². The molecule has 0 fully saturated rings. The highest BCUT2D eigenvalue weighted by Crippen LogP contribution is 2.17. The number of sulfonamides is 1.